The van der Waals surface area contributed by atoms with Crippen molar-refractivity contribution in [3.63, 3.8) is 0 Å². The molecule has 0 unspecified atom stereocenters. The topological polar surface area (TPSA) is 82.5 Å². The minimum absolute atomic E-state index is 0.0902. The van der Waals surface area contributed by atoms with Gasteiger partial charge in [-0.15, -0.1) is 0 Å². The van der Waals surface area contributed by atoms with Crippen LogP contribution in [0, 0.1) is 13.8 Å². The van der Waals surface area contributed by atoms with E-state index in [2.05, 4.69) is 10.3 Å². The molecule has 2 heterocycles. The maximum Gasteiger partial charge on any atom is 0.258 e. The number of carbonyl (C=O) groups is 1. The lowest BCUT2D eigenvalue weighted by Crippen LogP contribution is -2.34. The van der Waals surface area contributed by atoms with Crippen molar-refractivity contribution in [1.82, 2.24) is 14.9 Å². The van der Waals surface area contributed by atoms with Crippen LogP contribution in [0.25, 0.3) is 0 Å². The molecule has 0 saturated heterocycles. The van der Waals surface area contributed by atoms with Gasteiger partial charge in [-0.3, -0.25) is 14.2 Å². The van der Waals surface area contributed by atoms with E-state index in [9.17, 15) is 9.59 Å². The summed E-state index contributed by atoms with van der Waals surface area (Å²) in [6, 6.07) is 5.70. The van der Waals surface area contributed by atoms with Gasteiger partial charge in [0.25, 0.3) is 11.5 Å². The smallest absolute Gasteiger partial charge is 0.258 e. The van der Waals surface area contributed by atoms with E-state index in [0.29, 0.717) is 30.2 Å². The molecule has 0 radical (unpaired) electrons. The Morgan fingerprint density at radius 3 is 2.93 bits per heavy atom. The van der Waals surface area contributed by atoms with Gasteiger partial charge in [0, 0.05) is 36.3 Å². The first-order valence-electron chi connectivity index (χ1n) is 9.00. The molecule has 1 N–H and O–H groups in total. The number of amides is 1. The number of aromatic nitrogens is 2. The summed E-state index contributed by atoms with van der Waals surface area (Å²) in [5.41, 5.74) is 2.06. The standard InChI is InChI=1S/C20H25N3O4/c1-13-14(2)22-12-23(19(13)25)9-8-21-17(24)11-26-16-7-5-6-15-10-20(3,4)27-18(15)16/h5-7,12H,8-11H2,1-4H3,(H,21,24). The number of benzene rings is 1. The third-order valence-corrected chi connectivity index (χ3v) is 4.60. The molecule has 0 bridgehead atoms. The summed E-state index contributed by atoms with van der Waals surface area (Å²) >= 11 is 0. The highest BCUT2D eigenvalue weighted by atomic mass is 16.5. The average Bonchev–Trinajstić information content (AvgIpc) is 2.94. The third kappa shape index (κ3) is 4.30. The predicted molar refractivity (Wildman–Crippen MR) is 101 cm³/mol. The Hall–Kier alpha value is -2.83. The van der Waals surface area contributed by atoms with E-state index in [0.717, 1.165) is 17.7 Å². The van der Waals surface area contributed by atoms with Crippen molar-refractivity contribution in [3.8, 4) is 11.5 Å². The zero-order valence-corrected chi connectivity index (χ0v) is 16.2. The van der Waals surface area contributed by atoms with Crippen LogP contribution in [0.3, 0.4) is 0 Å². The van der Waals surface area contributed by atoms with Crippen molar-refractivity contribution >= 4 is 5.91 Å². The molecular formula is C20H25N3O4. The van der Waals surface area contributed by atoms with Crippen LogP contribution in [0.15, 0.2) is 29.3 Å². The van der Waals surface area contributed by atoms with E-state index >= 15 is 0 Å². The van der Waals surface area contributed by atoms with E-state index < -0.39 is 0 Å². The summed E-state index contributed by atoms with van der Waals surface area (Å²) in [5.74, 6) is 1.03. The Balaban J connectivity index is 1.51. The first-order valence-corrected chi connectivity index (χ1v) is 9.00. The first kappa shape index (κ1) is 18.9. The van der Waals surface area contributed by atoms with E-state index in [1.807, 2.05) is 26.0 Å². The fourth-order valence-corrected chi connectivity index (χ4v) is 3.05. The molecule has 1 aliphatic rings. The summed E-state index contributed by atoms with van der Waals surface area (Å²) < 4.78 is 13.1. The fraction of sp³-hybridized carbons (Fsp3) is 0.450. The highest BCUT2D eigenvalue weighted by molar-refractivity contribution is 5.77. The number of nitrogens with zero attached hydrogens (tertiary/aromatic N) is 2. The second-order valence-electron chi connectivity index (χ2n) is 7.38. The fourth-order valence-electron chi connectivity index (χ4n) is 3.05. The Bertz CT molecular complexity index is 918. The molecule has 7 heteroatoms. The Morgan fingerprint density at radius 1 is 1.37 bits per heavy atom. The minimum Gasteiger partial charge on any atom is -0.483 e. The average molecular weight is 371 g/mol. The zero-order valence-electron chi connectivity index (χ0n) is 16.2. The van der Waals surface area contributed by atoms with Gasteiger partial charge in [0.2, 0.25) is 0 Å². The SMILES string of the molecule is Cc1ncn(CCNC(=O)COc2cccc3c2OC(C)(C)C3)c(=O)c1C. The van der Waals surface area contributed by atoms with Crippen LogP contribution in [0.5, 0.6) is 11.5 Å². The van der Waals surface area contributed by atoms with Crippen molar-refractivity contribution in [3.05, 3.63) is 51.7 Å². The largest absolute Gasteiger partial charge is 0.483 e. The molecule has 0 fully saturated rings. The van der Waals surface area contributed by atoms with E-state index in [1.165, 1.54) is 10.9 Å². The number of hydrogen-bond acceptors (Lipinski definition) is 5. The monoisotopic (exact) mass is 371 g/mol. The summed E-state index contributed by atoms with van der Waals surface area (Å²) in [7, 11) is 0. The lowest BCUT2D eigenvalue weighted by molar-refractivity contribution is -0.123. The maximum atomic E-state index is 12.1. The number of ether oxygens (including phenoxy) is 2. The number of hydrogen-bond donors (Lipinski definition) is 1. The molecule has 0 atom stereocenters. The van der Waals surface area contributed by atoms with Gasteiger partial charge in [0.1, 0.15) is 5.60 Å². The molecule has 2 aromatic rings. The van der Waals surface area contributed by atoms with Crippen LogP contribution >= 0.6 is 0 Å². The van der Waals surface area contributed by atoms with Crippen LogP contribution < -0.4 is 20.3 Å². The van der Waals surface area contributed by atoms with Crippen molar-refractivity contribution < 1.29 is 14.3 Å². The van der Waals surface area contributed by atoms with Gasteiger partial charge in [0.15, 0.2) is 18.1 Å². The molecule has 0 saturated carbocycles. The van der Waals surface area contributed by atoms with Crippen LogP contribution in [0.1, 0.15) is 30.7 Å². The van der Waals surface area contributed by atoms with Crippen LogP contribution in [-0.4, -0.2) is 34.2 Å². The second kappa shape index (κ2) is 7.42. The predicted octanol–water partition coefficient (Wildman–Crippen LogP) is 1.77. The number of aryl methyl sites for hydroxylation is 1. The van der Waals surface area contributed by atoms with Crippen molar-refractivity contribution in [2.24, 2.45) is 0 Å². The quantitative estimate of drug-likeness (QED) is 0.837. The number of rotatable bonds is 6. The first-order chi connectivity index (χ1) is 12.8. The van der Waals surface area contributed by atoms with Gasteiger partial charge in [-0.2, -0.15) is 0 Å². The molecule has 1 aromatic carbocycles. The number of fused-ring (bicyclic) bond motifs is 1. The Morgan fingerprint density at radius 2 is 2.15 bits per heavy atom. The number of carbonyl (C=O) groups excluding carboxylic acids is 1. The maximum absolute atomic E-state index is 12.1. The normalized spacial score (nSPS) is 14.4. The lowest BCUT2D eigenvalue weighted by atomic mass is 10.0. The molecule has 0 spiro atoms. The van der Waals surface area contributed by atoms with Gasteiger partial charge in [-0.05, 0) is 33.8 Å². The molecule has 1 aliphatic heterocycles. The molecule has 7 nitrogen and oxygen atoms in total. The Labute approximate surface area is 158 Å². The zero-order chi connectivity index (χ0) is 19.6. The molecule has 1 aromatic heterocycles. The second-order valence-corrected chi connectivity index (χ2v) is 7.38. The lowest BCUT2D eigenvalue weighted by Gasteiger charge is -2.18. The number of nitrogens with one attached hydrogen (secondary N) is 1. The van der Waals surface area contributed by atoms with Gasteiger partial charge < -0.3 is 14.8 Å². The highest BCUT2D eigenvalue weighted by Crippen LogP contribution is 2.41. The van der Waals surface area contributed by atoms with Crippen LogP contribution in [0.2, 0.25) is 0 Å². The summed E-state index contributed by atoms with van der Waals surface area (Å²) in [5, 5.41) is 2.75. The summed E-state index contributed by atoms with van der Waals surface area (Å²) in [6.07, 6.45) is 2.31. The van der Waals surface area contributed by atoms with Crippen LogP contribution in [0.4, 0.5) is 0 Å². The van der Waals surface area contributed by atoms with Crippen molar-refractivity contribution in [2.45, 2.75) is 46.3 Å². The van der Waals surface area contributed by atoms with E-state index in [1.54, 1.807) is 19.9 Å². The molecule has 3 rings (SSSR count). The molecule has 0 aliphatic carbocycles. The van der Waals surface area contributed by atoms with E-state index in [4.69, 9.17) is 9.47 Å². The summed E-state index contributed by atoms with van der Waals surface area (Å²) in [4.78, 5) is 28.3. The number of para-hydroxylation sites is 1. The van der Waals surface area contributed by atoms with Gasteiger partial charge in [-0.1, -0.05) is 12.1 Å². The molecule has 144 valence electrons. The van der Waals surface area contributed by atoms with Crippen molar-refractivity contribution in [2.75, 3.05) is 13.2 Å². The molecule has 27 heavy (non-hydrogen) atoms. The molecule has 1 amide bonds. The van der Waals surface area contributed by atoms with Crippen molar-refractivity contribution in [1.29, 1.82) is 0 Å². The van der Waals surface area contributed by atoms with Gasteiger partial charge >= 0.3 is 0 Å². The minimum atomic E-state index is -0.266. The van der Waals surface area contributed by atoms with E-state index in [-0.39, 0.29) is 23.7 Å². The van der Waals surface area contributed by atoms with Crippen LogP contribution in [-0.2, 0) is 17.8 Å². The highest BCUT2D eigenvalue weighted by Gasteiger charge is 2.32. The third-order valence-electron chi connectivity index (χ3n) is 4.60. The molecular weight excluding hydrogens is 346 g/mol. The van der Waals surface area contributed by atoms with Gasteiger partial charge in [-0.25, -0.2) is 4.98 Å². The Kier molecular flexibility index (Phi) is 5.21. The van der Waals surface area contributed by atoms with Gasteiger partial charge in [0.05, 0.1) is 6.33 Å². The summed E-state index contributed by atoms with van der Waals surface area (Å²) in [6.45, 7) is 8.15.